The van der Waals surface area contributed by atoms with Crippen molar-refractivity contribution in [3.05, 3.63) is 12.2 Å². The van der Waals surface area contributed by atoms with Crippen molar-refractivity contribution in [2.75, 3.05) is 6.61 Å². The Morgan fingerprint density at radius 2 is 2.00 bits per heavy atom. The van der Waals surface area contributed by atoms with Crippen molar-refractivity contribution in [1.29, 1.82) is 0 Å². The molecule has 0 N–H and O–H groups in total. The molecule has 0 bridgehead atoms. The van der Waals surface area contributed by atoms with Crippen LogP contribution < -0.4 is 0 Å². The molecular weight excluding hydrogens is 244 g/mol. The summed E-state index contributed by atoms with van der Waals surface area (Å²) >= 11 is 0. The second-order valence-electron chi connectivity index (χ2n) is 5.25. The molecule has 19 heavy (non-hydrogen) atoms. The highest BCUT2D eigenvalue weighted by molar-refractivity contribution is 5.81. The molecule has 1 aliphatic rings. The summed E-state index contributed by atoms with van der Waals surface area (Å²) in [5, 5.41) is 0. The van der Waals surface area contributed by atoms with Crippen LogP contribution in [0.1, 0.15) is 53.4 Å². The zero-order valence-corrected chi connectivity index (χ0v) is 12.5. The fourth-order valence-electron chi connectivity index (χ4n) is 2.21. The van der Waals surface area contributed by atoms with Crippen molar-refractivity contribution in [2.24, 2.45) is 0 Å². The number of hydrogen-bond donors (Lipinski definition) is 0. The largest absolute Gasteiger partial charge is 0.463 e. The quantitative estimate of drug-likeness (QED) is 0.405. The highest BCUT2D eigenvalue weighted by Gasteiger charge is 2.39. The van der Waals surface area contributed by atoms with Crippen LogP contribution in [0, 0.1) is 0 Å². The first-order chi connectivity index (χ1) is 8.98. The lowest BCUT2D eigenvalue weighted by atomic mass is 10.1. The molecule has 0 aromatic rings. The summed E-state index contributed by atoms with van der Waals surface area (Å²) in [5.41, 5.74) is 0. The Kier molecular flexibility index (Phi) is 6.52. The summed E-state index contributed by atoms with van der Waals surface area (Å²) < 4.78 is 16.5. The first-order valence-electron chi connectivity index (χ1n) is 7.19. The molecule has 0 aliphatic carbocycles. The Labute approximate surface area is 116 Å². The van der Waals surface area contributed by atoms with Gasteiger partial charge in [-0.15, -0.1) is 0 Å². The minimum atomic E-state index is -0.583. The Morgan fingerprint density at radius 1 is 1.26 bits per heavy atom. The predicted octanol–water partition coefficient (Wildman–Crippen LogP) is 3.21. The van der Waals surface area contributed by atoms with Gasteiger partial charge in [0.05, 0.1) is 12.7 Å². The summed E-state index contributed by atoms with van der Waals surface area (Å²) in [7, 11) is 0. The van der Waals surface area contributed by atoms with E-state index < -0.39 is 5.79 Å². The van der Waals surface area contributed by atoms with E-state index >= 15 is 0 Å². The first kappa shape index (κ1) is 16.2. The van der Waals surface area contributed by atoms with Crippen LogP contribution in [0.5, 0.6) is 0 Å². The first-order valence-corrected chi connectivity index (χ1v) is 7.19. The summed E-state index contributed by atoms with van der Waals surface area (Å²) in [6.07, 6.45) is 7.48. The van der Waals surface area contributed by atoms with Crippen LogP contribution in [0.15, 0.2) is 12.2 Å². The van der Waals surface area contributed by atoms with E-state index in [1.807, 2.05) is 13.8 Å². The number of unbranched alkanes of at least 4 members (excludes halogenated alkanes) is 2. The van der Waals surface area contributed by atoms with Gasteiger partial charge < -0.3 is 14.2 Å². The van der Waals surface area contributed by atoms with E-state index in [0.717, 1.165) is 12.8 Å². The predicted molar refractivity (Wildman–Crippen MR) is 73.7 cm³/mol. The molecule has 0 amide bonds. The van der Waals surface area contributed by atoms with Crippen molar-refractivity contribution in [3.63, 3.8) is 0 Å². The molecule has 0 spiro atoms. The SMILES string of the molecule is CCCCC[C@@H]1OC(C)(C)O[C@H]1/C=C/C(=O)OCC. The van der Waals surface area contributed by atoms with Crippen LogP contribution in [-0.2, 0) is 19.0 Å². The third-order valence-corrected chi connectivity index (χ3v) is 3.02. The number of hydrogen-bond acceptors (Lipinski definition) is 4. The molecule has 0 aromatic carbocycles. The minimum Gasteiger partial charge on any atom is -0.463 e. The van der Waals surface area contributed by atoms with Gasteiger partial charge in [0.25, 0.3) is 0 Å². The fourth-order valence-corrected chi connectivity index (χ4v) is 2.21. The number of carbonyl (C=O) groups is 1. The van der Waals surface area contributed by atoms with Crippen LogP contribution >= 0.6 is 0 Å². The van der Waals surface area contributed by atoms with Gasteiger partial charge in [-0.2, -0.15) is 0 Å². The standard InChI is InChI=1S/C15H26O4/c1-5-7-8-9-12-13(19-15(3,4)18-12)10-11-14(16)17-6-2/h10-13H,5-9H2,1-4H3/b11-10+/t12-,13-/m0/s1. The lowest BCUT2D eigenvalue weighted by molar-refractivity contribution is -0.144. The molecule has 110 valence electrons. The van der Waals surface area contributed by atoms with Gasteiger partial charge in [-0.3, -0.25) is 0 Å². The van der Waals surface area contributed by atoms with Gasteiger partial charge in [0.15, 0.2) is 5.79 Å². The Bertz CT molecular complexity index is 309. The Morgan fingerprint density at radius 3 is 2.63 bits per heavy atom. The van der Waals surface area contributed by atoms with E-state index in [1.54, 1.807) is 13.0 Å². The lowest BCUT2D eigenvalue weighted by Crippen LogP contribution is -2.21. The smallest absolute Gasteiger partial charge is 0.330 e. The summed E-state index contributed by atoms with van der Waals surface area (Å²) in [4.78, 5) is 11.3. The highest BCUT2D eigenvalue weighted by atomic mass is 16.7. The second kappa shape index (κ2) is 7.65. The average molecular weight is 270 g/mol. The molecule has 1 rings (SSSR count). The monoisotopic (exact) mass is 270 g/mol. The van der Waals surface area contributed by atoms with Gasteiger partial charge in [0.2, 0.25) is 0 Å². The van der Waals surface area contributed by atoms with Crippen LogP contribution in [0.4, 0.5) is 0 Å². The molecule has 1 fully saturated rings. The molecule has 0 radical (unpaired) electrons. The molecule has 2 atom stereocenters. The molecule has 0 aromatic heterocycles. The van der Waals surface area contributed by atoms with Crippen molar-refractivity contribution < 1.29 is 19.0 Å². The summed E-state index contributed by atoms with van der Waals surface area (Å²) in [5.74, 6) is -0.913. The van der Waals surface area contributed by atoms with Gasteiger partial charge in [0.1, 0.15) is 6.10 Å². The molecule has 1 heterocycles. The number of ether oxygens (including phenoxy) is 3. The zero-order valence-electron chi connectivity index (χ0n) is 12.5. The third kappa shape index (κ3) is 5.74. The summed E-state index contributed by atoms with van der Waals surface area (Å²) in [6, 6.07) is 0. The highest BCUT2D eigenvalue weighted by Crippen LogP contribution is 2.31. The van der Waals surface area contributed by atoms with Crippen molar-refractivity contribution in [2.45, 2.75) is 71.4 Å². The van der Waals surface area contributed by atoms with Crippen molar-refractivity contribution in [3.8, 4) is 0 Å². The van der Waals surface area contributed by atoms with Crippen LogP contribution in [0.25, 0.3) is 0 Å². The van der Waals surface area contributed by atoms with Gasteiger partial charge >= 0.3 is 5.97 Å². The van der Waals surface area contributed by atoms with Crippen molar-refractivity contribution in [1.82, 2.24) is 0 Å². The van der Waals surface area contributed by atoms with E-state index in [-0.39, 0.29) is 18.2 Å². The number of carbonyl (C=O) groups excluding carboxylic acids is 1. The lowest BCUT2D eigenvalue weighted by Gasteiger charge is -2.16. The maximum absolute atomic E-state index is 11.3. The van der Waals surface area contributed by atoms with Crippen molar-refractivity contribution >= 4 is 5.97 Å². The summed E-state index contributed by atoms with van der Waals surface area (Å²) in [6.45, 7) is 8.15. The fraction of sp³-hybridized carbons (Fsp3) is 0.800. The van der Waals surface area contributed by atoms with Gasteiger partial charge in [-0.1, -0.05) is 26.2 Å². The van der Waals surface area contributed by atoms with Gasteiger partial charge in [0, 0.05) is 6.08 Å². The third-order valence-electron chi connectivity index (χ3n) is 3.02. The second-order valence-corrected chi connectivity index (χ2v) is 5.25. The van der Waals surface area contributed by atoms with E-state index in [1.165, 1.54) is 18.9 Å². The maximum Gasteiger partial charge on any atom is 0.330 e. The molecule has 0 unspecified atom stereocenters. The molecule has 1 saturated heterocycles. The number of rotatable bonds is 7. The molecule has 4 heteroatoms. The van der Waals surface area contributed by atoms with Crippen LogP contribution in [0.3, 0.4) is 0 Å². The zero-order chi connectivity index (χ0) is 14.3. The van der Waals surface area contributed by atoms with Gasteiger partial charge in [-0.05, 0) is 33.3 Å². The normalized spacial score (nSPS) is 25.9. The molecule has 4 nitrogen and oxygen atoms in total. The van der Waals surface area contributed by atoms with E-state index in [9.17, 15) is 4.79 Å². The van der Waals surface area contributed by atoms with Gasteiger partial charge in [-0.25, -0.2) is 4.79 Å². The topological polar surface area (TPSA) is 44.8 Å². The van der Waals surface area contributed by atoms with Crippen LogP contribution in [-0.4, -0.2) is 30.6 Å². The van der Waals surface area contributed by atoms with Crippen LogP contribution in [0.2, 0.25) is 0 Å². The van der Waals surface area contributed by atoms with E-state index in [0.29, 0.717) is 6.61 Å². The average Bonchev–Trinajstić information content (AvgIpc) is 2.62. The molecular formula is C15H26O4. The Hall–Kier alpha value is -0.870. The molecule has 0 saturated carbocycles. The minimum absolute atomic E-state index is 0.0206. The number of esters is 1. The van der Waals surface area contributed by atoms with E-state index in [4.69, 9.17) is 14.2 Å². The van der Waals surface area contributed by atoms with E-state index in [2.05, 4.69) is 6.92 Å². The molecule has 1 aliphatic heterocycles. The maximum atomic E-state index is 11.3. The Balaban J connectivity index is 2.54.